The Morgan fingerprint density at radius 3 is 2.21 bits per heavy atom. The molecule has 0 N–H and O–H groups in total. The first kappa shape index (κ1) is 18.6. The number of anilines is 1. The van der Waals surface area contributed by atoms with E-state index in [4.69, 9.17) is 0 Å². The molecule has 8 nitrogen and oxygen atoms in total. The summed E-state index contributed by atoms with van der Waals surface area (Å²) < 4.78 is 0. The van der Waals surface area contributed by atoms with Crippen molar-refractivity contribution < 1.29 is 9.59 Å². The van der Waals surface area contributed by atoms with Gasteiger partial charge in [0.2, 0.25) is 11.9 Å². The predicted molar refractivity (Wildman–Crippen MR) is 108 cm³/mol. The van der Waals surface area contributed by atoms with Gasteiger partial charge in [-0.2, -0.15) is 0 Å². The average Bonchev–Trinajstić information content (AvgIpc) is 3.46. The molecule has 5 rings (SSSR count). The molecule has 0 radical (unpaired) electrons. The van der Waals surface area contributed by atoms with Crippen LogP contribution in [-0.2, 0) is 4.79 Å². The summed E-state index contributed by atoms with van der Waals surface area (Å²) in [6.45, 7) is 5.51. The van der Waals surface area contributed by atoms with Crippen molar-refractivity contribution in [3.05, 3.63) is 18.5 Å². The van der Waals surface area contributed by atoms with Crippen molar-refractivity contribution in [3.8, 4) is 0 Å². The Hall–Kier alpha value is -2.38. The smallest absolute Gasteiger partial charge is 0.319 e. The molecule has 5 heterocycles. The van der Waals surface area contributed by atoms with Gasteiger partial charge >= 0.3 is 6.03 Å². The molecule has 2 spiro atoms. The van der Waals surface area contributed by atoms with Gasteiger partial charge in [-0.1, -0.05) is 0 Å². The Morgan fingerprint density at radius 2 is 1.59 bits per heavy atom. The monoisotopic (exact) mass is 398 g/mol. The highest BCUT2D eigenvalue weighted by molar-refractivity contribution is 5.87. The van der Waals surface area contributed by atoms with Crippen molar-refractivity contribution in [2.45, 2.75) is 32.1 Å². The molecule has 0 saturated carbocycles. The van der Waals surface area contributed by atoms with E-state index in [-0.39, 0.29) is 22.8 Å². The first-order chi connectivity index (χ1) is 14.0. The van der Waals surface area contributed by atoms with Crippen LogP contribution in [0, 0.1) is 10.8 Å². The molecule has 0 bridgehead atoms. The zero-order valence-electron chi connectivity index (χ0n) is 17.2. The third-order valence-electron chi connectivity index (χ3n) is 7.80. The summed E-state index contributed by atoms with van der Waals surface area (Å²) in [6, 6.07) is 2.00. The van der Waals surface area contributed by atoms with Gasteiger partial charge in [-0.15, -0.1) is 0 Å². The molecule has 156 valence electrons. The number of aromatic nitrogens is 2. The standard InChI is InChI=1S/C21H30N6O2/c1-24-12-7-21(17(24)28)16-27(18-22-8-4-9-23-18)15-20(21)5-13-26(14-6-20)19(29)25-10-2-3-11-25/h4,8-9H,2-3,5-7,10-16H2,1H3. The molecule has 29 heavy (non-hydrogen) atoms. The Bertz CT molecular complexity index is 788. The van der Waals surface area contributed by atoms with Gasteiger partial charge in [-0.05, 0) is 38.2 Å². The van der Waals surface area contributed by atoms with Gasteiger partial charge in [-0.3, -0.25) is 4.79 Å². The van der Waals surface area contributed by atoms with Crippen LogP contribution in [-0.4, -0.2) is 89.5 Å². The van der Waals surface area contributed by atoms with Crippen LogP contribution >= 0.6 is 0 Å². The number of carbonyl (C=O) groups excluding carboxylic acids is 2. The van der Waals surface area contributed by atoms with E-state index in [2.05, 4.69) is 14.9 Å². The number of piperidine rings is 1. The van der Waals surface area contributed by atoms with Crippen molar-refractivity contribution in [2.75, 3.05) is 57.8 Å². The number of rotatable bonds is 1. The summed E-state index contributed by atoms with van der Waals surface area (Å²) in [6.07, 6.45) is 8.37. The highest BCUT2D eigenvalue weighted by Gasteiger charge is 2.65. The maximum absolute atomic E-state index is 13.4. The maximum Gasteiger partial charge on any atom is 0.319 e. The van der Waals surface area contributed by atoms with Gasteiger partial charge in [0.05, 0.1) is 5.41 Å². The average molecular weight is 399 g/mol. The molecular weight excluding hydrogens is 368 g/mol. The van der Waals surface area contributed by atoms with E-state index in [9.17, 15) is 9.59 Å². The number of amides is 3. The molecule has 4 fully saturated rings. The van der Waals surface area contributed by atoms with Crippen molar-refractivity contribution in [1.82, 2.24) is 24.7 Å². The molecule has 8 heteroatoms. The van der Waals surface area contributed by atoms with Crippen molar-refractivity contribution in [2.24, 2.45) is 10.8 Å². The molecule has 4 saturated heterocycles. The number of nitrogens with zero attached hydrogens (tertiary/aromatic N) is 6. The van der Waals surface area contributed by atoms with E-state index >= 15 is 0 Å². The normalized spacial score (nSPS) is 28.9. The second-order valence-electron chi connectivity index (χ2n) is 9.21. The second-order valence-corrected chi connectivity index (χ2v) is 9.21. The SMILES string of the molecule is CN1CCC2(CN(c3ncccn3)CC23CCN(C(=O)N2CCCC2)CC3)C1=O. The third-order valence-corrected chi connectivity index (χ3v) is 7.80. The molecule has 0 aliphatic carbocycles. The highest BCUT2D eigenvalue weighted by Crippen LogP contribution is 2.58. The quantitative estimate of drug-likeness (QED) is 0.716. The van der Waals surface area contributed by atoms with Crippen LogP contribution in [0.1, 0.15) is 32.1 Å². The van der Waals surface area contributed by atoms with Crippen molar-refractivity contribution in [3.63, 3.8) is 0 Å². The van der Waals surface area contributed by atoms with Crippen LogP contribution in [0.2, 0.25) is 0 Å². The molecular formula is C21H30N6O2. The number of hydrogen-bond acceptors (Lipinski definition) is 5. The Morgan fingerprint density at radius 1 is 0.931 bits per heavy atom. The van der Waals surface area contributed by atoms with Crippen LogP contribution in [0.3, 0.4) is 0 Å². The molecule has 4 aliphatic heterocycles. The van der Waals surface area contributed by atoms with E-state index in [1.165, 1.54) is 0 Å². The Balaban J connectivity index is 1.40. The lowest BCUT2D eigenvalue weighted by Gasteiger charge is -2.47. The van der Waals surface area contributed by atoms with Gasteiger partial charge in [-0.25, -0.2) is 14.8 Å². The lowest BCUT2D eigenvalue weighted by Crippen LogP contribution is -2.55. The predicted octanol–water partition coefficient (Wildman–Crippen LogP) is 1.44. The molecule has 1 atom stereocenters. The highest BCUT2D eigenvalue weighted by atomic mass is 16.2. The Kier molecular flexibility index (Phi) is 4.40. The number of carbonyl (C=O) groups is 2. The number of likely N-dealkylation sites (tertiary alicyclic amines) is 3. The first-order valence-corrected chi connectivity index (χ1v) is 10.9. The lowest BCUT2D eigenvalue weighted by atomic mass is 9.60. The summed E-state index contributed by atoms with van der Waals surface area (Å²) >= 11 is 0. The van der Waals surface area contributed by atoms with Gasteiger partial charge in [0.15, 0.2) is 0 Å². The van der Waals surface area contributed by atoms with Crippen LogP contribution in [0.15, 0.2) is 18.5 Å². The van der Waals surface area contributed by atoms with E-state index in [1.54, 1.807) is 12.4 Å². The van der Waals surface area contributed by atoms with Gasteiger partial charge in [0.25, 0.3) is 0 Å². The summed E-state index contributed by atoms with van der Waals surface area (Å²) in [5.41, 5.74) is -0.500. The van der Waals surface area contributed by atoms with Crippen LogP contribution in [0.25, 0.3) is 0 Å². The molecule has 1 aromatic heterocycles. The number of hydrogen-bond donors (Lipinski definition) is 0. The van der Waals surface area contributed by atoms with Crippen molar-refractivity contribution in [1.29, 1.82) is 0 Å². The minimum Gasteiger partial charge on any atom is -0.345 e. The molecule has 1 aromatic rings. The summed E-state index contributed by atoms with van der Waals surface area (Å²) in [7, 11) is 1.92. The van der Waals surface area contributed by atoms with Crippen molar-refractivity contribution >= 4 is 17.9 Å². The fourth-order valence-corrected chi connectivity index (χ4v) is 6.10. The number of urea groups is 1. The largest absolute Gasteiger partial charge is 0.345 e. The van der Waals surface area contributed by atoms with Gasteiger partial charge in [0, 0.05) is 70.7 Å². The minimum absolute atomic E-state index is 0.115. The van der Waals surface area contributed by atoms with Gasteiger partial charge in [0.1, 0.15) is 0 Å². The zero-order valence-corrected chi connectivity index (χ0v) is 17.2. The van der Waals surface area contributed by atoms with Gasteiger partial charge < -0.3 is 19.6 Å². The fraction of sp³-hybridized carbons (Fsp3) is 0.714. The summed E-state index contributed by atoms with van der Waals surface area (Å²) in [5, 5.41) is 0. The van der Waals surface area contributed by atoms with Crippen LogP contribution in [0.5, 0.6) is 0 Å². The van der Waals surface area contributed by atoms with E-state index in [1.807, 2.05) is 27.8 Å². The maximum atomic E-state index is 13.4. The molecule has 3 amide bonds. The lowest BCUT2D eigenvalue weighted by molar-refractivity contribution is -0.140. The minimum atomic E-state index is -0.385. The first-order valence-electron chi connectivity index (χ1n) is 10.9. The fourth-order valence-electron chi connectivity index (χ4n) is 6.10. The topological polar surface area (TPSA) is 72.9 Å². The van der Waals surface area contributed by atoms with Crippen LogP contribution in [0.4, 0.5) is 10.7 Å². The van der Waals surface area contributed by atoms with E-state index < -0.39 is 0 Å². The number of fused-ring (bicyclic) bond motifs is 1. The third kappa shape index (κ3) is 2.79. The second kappa shape index (κ2) is 6.85. The molecule has 4 aliphatic rings. The zero-order chi connectivity index (χ0) is 20.1. The Labute approximate surface area is 171 Å². The van der Waals surface area contributed by atoms with E-state index in [0.717, 1.165) is 71.4 Å². The summed E-state index contributed by atoms with van der Waals surface area (Å²) in [4.78, 5) is 43.2. The summed E-state index contributed by atoms with van der Waals surface area (Å²) in [5.74, 6) is 0.969. The van der Waals surface area contributed by atoms with Crippen LogP contribution < -0.4 is 4.90 Å². The van der Waals surface area contributed by atoms with E-state index in [0.29, 0.717) is 12.5 Å². The molecule has 0 aromatic carbocycles. The molecule has 1 unspecified atom stereocenters.